The molecule has 1 aromatic carbocycles. The molecular formula is C15H18FN3O2. The molecule has 1 aromatic rings. The zero-order valence-corrected chi connectivity index (χ0v) is 11.9. The Balaban J connectivity index is 2.27. The Morgan fingerprint density at radius 2 is 2.43 bits per heavy atom. The number of ether oxygens (including phenoxy) is 1. The minimum absolute atomic E-state index is 0.134. The number of carbonyl (C=O) groups excluding carboxylic acids is 1. The maximum Gasteiger partial charge on any atom is 0.245 e. The molecule has 0 radical (unpaired) electrons. The molecule has 0 bridgehead atoms. The van der Waals surface area contributed by atoms with Gasteiger partial charge in [0.1, 0.15) is 17.9 Å². The summed E-state index contributed by atoms with van der Waals surface area (Å²) in [5.74, 6) is -0.597. The predicted octanol–water partition coefficient (Wildman–Crippen LogP) is 1.43. The highest BCUT2D eigenvalue weighted by atomic mass is 19.1. The van der Waals surface area contributed by atoms with Crippen molar-refractivity contribution in [2.45, 2.75) is 19.4 Å². The molecule has 5 nitrogen and oxygen atoms in total. The van der Waals surface area contributed by atoms with Crippen molar-refractivity contribution in [1.29, 1.82) is 5.26 Å². The number of amides is 1. The van der Waals surface area contributed by atoms with Gasteiger partial charge in [0.25, 0.3) is 0 Å². The summed E-state index contributed by atoms with van der Waals surface area (Å²) < 4.78 is 18.6. The van der Waals surface area contributed by atoms with Crippen LogP contribution in [0.25, 0.3) is 0 Å². The molecule has 1 aliphatic rings. The van der Waals surface area contributed by atoms with Gasteiger partial charge in [-0.3, -0.25) is 4.79 Å². The zero-order valence-electron chi connectivity index (χ0n) is 11.9. The van der Waals surface area contributed by atoms with Gasteiger partial charge in [0.2, 0.25) is 5.91 Å². The van der Waals surface area contributed by atoms with E-state index in [9.17, 15) is 9.18 Å². The zero-order chi connectivity index (χ0) is 15.2. The average Bonchev–Trinajstić information content (AvgIpc) is 2.52. The van der Waals surface area contributed by atoms with E-state index in [4.69, 9.17) is 10.00 Å². The SMILES string of the molecule is CCCNC(=O)C1COCCN1c1ccc(F)cc1C#N. The van der Waals surface area contributed by atoms with Crippen molar-refractivity contribution in [2.24, 2.45) is 0 Å². The van der Waals surface area contributed by atoms with Gasteiger partial charge < -0.3 is 15.0 Å². The van der Waals surface area contributed by atoms with Crippen molar-refractivity contribution in [1.82, 2.24) is 5.32 Å². The van der Waals surface area contributed by atoms with Crippen LogP contribution in [-0.4, -0.2) is 38.3 Å². The predicted molar refractivity (Wildman–Crippen MR) is 76.4 cm³/mol. The van der Waals surface area contributed by atoms with E-state index in [1.165, 1.54) is 12.1 Å². The molecule has 1 N–H and O–H groups in total. The van der Waals surface area contributed by atoms with Gasteiger partial charge in [-0.25, -0.2) is 4.39 Å². The quantitative estimate of drug-likeness (QED) is 0.911. The molecule has 1 atom stereocenters. The number of anilines is 1. The molecule has 1 saturated heterocycles. The summed E-state index contributed by atoms with van der Waals surface area (Å²) in [7, 11) is 0. The van der Waals surface area contributed by atoms with Crippen LogP contribution in [0.5, 0.6) is 0 Å². The van der Waals surface area contributed by atoms with Gasteiger partial charge >= 0.3 is 0 Å². The van der Waals surface area contributed by atoms with E-state index in [1.54, 1.807) is 6.07 Å². The Hall–Kier alpha value is -2.13. The van der Waals surface area contributed by atoms with Crippen LogP contribution in [0.1, 0.15) is 18.9 Å². The van der Waals surface area contributed by atoms with Crippen LogP contribution in [0, 0.1) is 17.1 Å². The van der Waals surface area contributed by atoms with Gasteiger partial charge in [0, 0.05) is 13.1 Å². The summed E-state index contributed by atoms with van der Waals surface area (Å²) >= 11 is 0. The highest BCUT2D eigenvalue weighted by Gasteiger charge is 2.30. The molecule has 1 unspecified atom stereocenters. The lowest BCUT2D eigenvalue weighted by molar-refractivity contribution is -0.124. The number of nitriles is 1. The van der Waals surface area contributed by atoms with Gasteiger partial charge in [0.15, 0.2) is 0 Å². The molecule has 21 heavy (non-hydrogen) atoms. The fraction of sp³-hybridized carbons (Fsp3) is 0.467. The maximum atomic E-state index is 13.3. The molecule has 6 heteroatoms. The number of carbonyl (C=O) groups is 1. The van der Waals surface area contributed by atoms with Crippen LogP contribution in [0.15, 0.2) is 18.2 Å². The Kier molecular flexibility index (Phi) is 5.12. The molecule has 0 spiro atoms. The fourth-order valence-corrected chi connectivity index (χ4v) is 2.32. The first kappa shape index (κ1) is 15.3. The first-order valence-corrected chi connectivity index (χ1v) is 6.99. The standard InChI is InChI=1S/C15H18FN3O2/c1-2-5-18-15(20)14-10-21-7-6-19(14)13-4-3-12(16)8-11(13)9-17/h3-4,8,14H,2,5-7,10H2,1H3,(H,18,20). The number of halogens is 1. The molecule has 2 rings (SSSR count). The van der Waals surface area contributed by atoms with Crippen molar-refractivity contribution in [2.75, 3.05) is 31.2 Å². The summed E-state index contributed by atoms with van der Waals surface area (Å²) in [5.41, 5.74) is 0.795. The lowest BCUT2D eigenvalue weighted by Crippen LogP contribution is -2.54. The third-order valence-electron chi connectivity index (χ3n) is 3.37. The van der Waals surface area contributed by atoms with Gasteiger partial charge in [-0.1, -0.05) is 6.92 Å². The first-order valence-electron chi connectivity index (χ1n) is 6.99. The summed E-state index contributed by atoms with van der Waals surface area (Å²) in [6.07, 6.45) is 0.847. The molecule has 112 valence electrons. The van der Waals surface area contributed by atoms with Gasteiger partial charge in [-0.05, 0) is 24.6 Å². The van der Waals surface area contributed by atoms with Crippen LogP contribution < -0.4 is 10.2 Å². The van der Waals surface area contributed by atoms with E-state index in [0.717, 1.165) is 6.42 Å². The second kappa shape index (κ2) is 7.04. The highest BCUT2D eigenvalue weighted by Crippen LogP contribution is 2.25. The molecule has 1 heterocycles. The van der Waals surface area contributed by atoms with Crippen LogP contribution in [0.4, 0.5) is 10.1 Å². The Bertz CT molecular complexity index is 556. The number of nitrogens with zero attached hydrogens (tertiary/aromatic N) is 2. The van der Waals surface area contributed by atoms with E-state index >= 15 is 0 Å². The van der Waals surface area contributed by atoms with Crippen LogP contribution >= 0.6 is 0 Å². The van der Waals surface area contributed by atoms with E-state index in [0.29, 0.717) is 25.4 Å². The largest absolute Gasteiger partial charge is 0.377 e. The Morgan fingerprint density at radius 3 is 3.14 bits per heavy atom. The second-order valence-electron chi connectivity index (χ2n) is 4.85. The minimum atomic E-state index is -0.497. The summed E-state index contributed by atoms with van der Waals surface area (Å²) in [6.45, 7) is 3.79. The number of rotatable bonds is 4. The molecule has 0 aromatic heterocycles. The van der Waals surface area contributed by atoms with E-state index < -0.39 is 11.9 Å². The van der Waals surface area contributed by atoms with Crippen molar-refractivity contribution in [3.05, 3.63) is 29.6 Å². The molecule has 1 amide bonds. The van der Waals surface area contributed by atoms with Crippen molar-refractivity contribution in [3.63, 3.8) is 0 Å². The Labute approximate surface area is 123 Å². The number of benzene rings is 1. The second-order valence-corrected chi connectivity index (χ2v) is 4.85. The lowest BCUT2D eigenvalue weighted by atomic mass is 10.1. The highest BCUT2D eigenvalue weighted by molar-refractivity contribution is 5.86. The third kappa shape index (κ3) is 3.50. The molecule has 1 aliphatic heterocycles. The minimum Gasteiger partial charge on any atom is -0.377 e. The monoisotopic (exact) mass is 291 g/mol. The molecular weight excluding hydrogens is 273 g/mol. The van der Waals surface area contributed by atoms with E-state index in [1.807, 2.05) is 17.9 Å². The number of morpholine rings is 1. The van der Waals surface area contributed by atoms with Gasteiger partial charge in [0.05, 0.1) is 24.5 Å². The maximum absolute atomic E-state index is 13.3. The normalized spacial score (nSPS) is 18.1. The summed E-state index contributed by atoms with van der Waals surface area (Å²) in [5, 5.41) is 12.0. The Morgan fingerprint density at radius 1 is 1.62 bits per heavy atom. The fourth-order valence-electron chi connectivity index (χ4n) is 2.32. The summed E-state index contributed by atoms with van der Waals surface area (Å²) in [6, 6.07) is 5.51. The van der Waals surface area contributed by atoms with Gasteiger partial charge in [-0.2, -0.15) is 5.26 Å². The molecule has 0 aliphatic carbocycles. The van der Waals surface area contributed by atoms with Crippen LogP contribution in [0.3, 0.4) is 0 Å². The van der Waals surface area contributed by atoms with Crippen molar-refractivity contribution >= 4 is 11.6 Å². The van der Waals surface area contributed by atoms with E-state index in [-0.39, 0.29) is 18.1 Å². The number of hydrogen-bond donors (Lipinski definition) is 1. The van der Waals surface area contributed by atoms with Crippen LogP contribution in [-0.2, 0) is 9.53 Å². The third-order valence-corrected chi connectivity index (χ3v) is 3.37. The summed E-state index contributed by atoms with van der Waals surface area (Å²) in [4.78, 5) is 14.0. The molecule has 0 saturated carbocycles. The van der Waals surface area contributed by atoms with Gasteiger partial charge in [-0.15, -0.1) is 0 Å². The smallest absolute Gasteiger partial charge is 0.245 e. The number of hydrogen-bond acceptors (Lipinski definition) is 4. The first-order chi connectivity index (χ1) is 10.2. The van der Waals surface area contributed by atoms with Crippen LogP contribution in [0.2, 0.25) is 0 Å². The van der Waals surface area contributed by atoms with Crippen molar-refractivity contribution < 1.29 is 13.9 Å². The average molecular weight is 291 g/mol. The number of nitrogens with one attached hydrogen (secondary N) is 1. The topological polar surface area (TPSA) is 65.4 Å². The van der Waals surface area contributed by atoms with Crippen molar-refractivity contribution in [3.8, 4) is 6.07 Å². The van der Waals surface area contributed by atoms with E-state index in [2.05, 4.69) is 5.32 Å². The lowest BCUT2D eigenvalue weighted by Gasteiger charge is -2.36. The molecule has 1 fully saturated rings.